The topological polar surface area (TPSA) is 69.6 Å². The van der Waals surface area contributed by atoms with Gasteiger partial charge >= 0.3 is 5.97 Å². The number of hydrogen-bond acceptors (Lipinski definition) is 3. The SMILES string of the molecule is CC(C(=O)O)N(CC(=O)Nc1cccc(I)c1)C1CC1. The lowest BCUT2D eigenvalue weighted by Gasteiger charge is -2.25. The van der Waals surface area contributed by atoms with Gasteiger partial charge in [-0.1, -0.05) is 6.07 Å². The normalized spacial score (nSPS) is 15.9. The molecule has 0 aliphatic heterocycles. The van der Waals surface area contributed by atoms with E-state index >= 15 is 0 Å². The number of carboxylic acid groups (broad SMARTS) is 1. The molecule has 1 unspecified atom stereocenters. The van der Waals surface area contributed by atoms with Crippen LogP contribution in [0.15, 0.2) is 24.3 Å². The Kier molecular flexibility index (Phi) is 4.98. The fraction of sp³-hybridized carbons (Fsp3) is 0.429. The van der Waals surface area contributed by atoms with Crippen LogP contribution in [-0.2, 0) is 9.59 Å². The van der Waals surface area contributed by atoms with E-state index in [-0.39, 0.29) is 18.5 Å². The van der Waals surface area contributed by atoms with Gasteiger partial charge in [-0.25, -0.2) is 0 Å². The zero-order chi connectivity index (χ0) is 14.7. The summed E-state index contributed by atoms with van der Waals surface area (Å²) in [5.74, 6) is -1.06. The van der Waals surface area contributed by atoms with Crippen LogP contribution in [0.4, 0.5) is 5.69 Å². The fourth-order valence-corrected chi connectivity index (χ4v) is 2.61. The highest BCUT2D eigenvalue weighted by atomic mass is 127. The molecule has 108 valence electrons. The second-order valence-electron chi connectivity index (χ2n) is 4.98. The highest BCUT2D eigenvalue weighted by Crippen LogP contribution is 2.28. The molecule has 1 aromatic carbocycles. The second-order valence-corrected chi connectivity index (χ2v) is 6.22. The molecule has 0 aromatic heterocycles. The largest absolute Gasteiger partial charge is 0.480 e. The van der Waals surface area contributed by atoms with E-state index in [1.807, 2.05) is 24.3 Å². The van der Waals surface area contributed by atoms with Gasteiger partial charge in [0.05, 0.1) is 6.54 Å². The Balaban J connectivity index is 1.96. The molecule has 6 heteroatoms. The van der Waals surface area contributed by atoms with Crippen molar-refractivity contribution in [3.05, 3.63) is 27.8 Å². The third-order valence-electron chi connectivity index (χ3n) is 3.31. The summed E-state index contributed by atoms with van der Waals surface area (Å²) in [7, 11) is 0. The number of halogens is 1. The molecule has 1 aliphatic rings. The van der Waals surface area contributed by atoms with Gasteiger partial charge in [0.2, 0.25) is 5.91 Å². The minimum atomic E-state index is -0.890. The summed E-state index contributed by atoms with van der Waals surface area (Å²) < 4.78 is 1.04. The number of benzene rings is 1. The van der Waals surface area contributed by atoms with E-state index < -0.39 is 12.0 Å². The zero-order valence-corrected chi connectivity index (χ0v) is 13.3. The molecule has 1 atom stereocenters. The van der Waals surface area contributed by atoms with Gasteiger partial charge in [0, 0.05) is 15.3 Å². The Bertz CT molecular complexity index is 517. The molecule has 0 radical (unpaired) electrons. The number of hydrogen-bond donors (Lipinski definition) is 2. The van der Waals surface area contributed by atoms with E-state index in [2.05, 4.69) is 27.9 Å². The van der Waals surface area contributed by atoms with Gasteiger partial charge < -0.3 is 10.4 Å². The molecular formula is C14H17IN2O3. The molecule has 2 rings (SSSR count). The average molecular weight is 388 g/mol. The van der Waals surface area contributed by atoms with Crippen LogP contribution in [0.25, 0.3) is 0 Å². The van der Waals surface area contributed by atoms with Gasteiger partial charge in [-0.3, -0.25) is 14.5 Å². The molecule has 20 heavy (non-hydrogen) atoms. The van der Waals surface area contributed by atoms with Gasteiger partial charge in [0.25, 0.3) is 0 Å². The summed E-state index contributed by atoms with van der Waals surface area (Å²) in [6.07, 6.45) is 1.93. The first-order chi connectivity index (χ1) is 9.47. The minimum absolute atomic E-state index is 0.115. The van der Waals surface area contributed by atoms with Crippen molar-refractivity contribution in [2.75, 3.05) is 11.9 Å². The lowest BCUT2D eigenvalue weighted by Crippen LogP contribution is -2.44. The highest BCUT2D eigenvalue weighted by Gasteiger charge is 2.36. The van der Waals surface area contributed by atoms with E-state index in [1.54, 1.807) is 11.8 Å². The monoisotopic (exact) mass is 388 g/mol. The number of rotatable bonds is 6. The number of nitrogens with one attached hydrogen (secondary N) is 1. The van der Waals surface area contributed by atoms with E-state index in [1.165, 1.54) is 0 Å². The summed E-state index contributed by atoms with van der Waals surface area (Å²) in [5, 5.41) is 11.9. The summed E-state index contributed by atoms with van der Waals surface area (Å²) >= 11 is 2.18. The van der Waals surface area contributed by atoms with Crippen molar-refractivity contribution in [1.82, 2.24) is 4.90 Å². The van der Waals surface area contributed by atoms with Crippen LogP contribution in [0.5, 0.6) is 0 Å². The van der Waals surface area contributed by atoms with Crippen molar-refractivity contribution < 1.29 is 14.7 Å². The quantitative estimate of drug-likeness (QED) is 0.733. The molecule has 5 nitrogen and oxygen atoms in total. The second kappa shape index (κ2) is 6.53. The molecular weight excluding hydrogens is 371 g/mol. The first-order valence-electron chi connectivity index (χ1n) is 6.51. The first-order valence-corrected chi connectivity index (χ1v) is 7.59. The maximum absolute atomic E-state index is 12.0. The van der Waals surface area contributed by atoms with Crippen LogP contribution in [0.3, 0.4) is 0 Å². The van der Waals surface area contributed by atoms with Crippen molar-refractivity contribution in [3.8, 4) is 0 Å². The Labute approximate surface area is 131 Å². The third kappa shape index (κ3) is 4.17. The number of nitrogens with zero attached hydrogens (tertiary/aromatic N) is 1. The van der Waals surface area contributed by atoms with Crippen LogP contribution in [0.2, 0.25) is 0 Å². The number of carboxylic acids is 1. The zero-order valence-electron chi connectivity index (χ0n) is 11.2. The predicted octanol–water partition coefficient (Wildman–Crippen LogP) is 2.17. The molecule has 1 saturated carbocycles. The molecule has 0 heterocycles. The Hall–Kier alpha value is -1.15. The lowest BCUT2D eigenvalue weighted by atomic mass is 10.2. The summed E-state index contributed by atoms with van der Waals surface area (Å²) in [6.45, 7) is 1.74. The van der Waals surface area contributed by atoms with E-state index in [0.717, 1.165) is 22.1 Å². The number of aliphatic carboxylic acids is 1. The number of amides is 1. The summed E-state index contributed by atoms with van der Waals surface area (Å²) in [6, 6.07) is 7.10. The van der Waals surface area contributed by atoms with Crippen molar-refractivity contribution in [2.45, 2.75) is 31.8 Å². The van der Waals surface area contributed by atoms with Crippen molar-refractivity contribution in [1.29, 1.82) is 0 Å². The van der Waals surface area contributed by atoms with Crippen LogP contribution < -0.4 is 5.32 Å². The van der Waals surface area contributed by atoms with Gasteiger partial charge in [0.15, 0.2) is 0 Å². The number of carbonyl (C=O) groups is 2. The van der Waals surface area contributed by atoms with E-state index in [9.17, 15) is 9.59 Å². The molecule has 1 fully saturated rings. The minimum Gasteiger partial charge on any atom is -0.480 e. The van der Waals surface area contributed by atoms with Crippen molar-refractivity contribution in [3.63, 3.8) is 0 Å². The smallest absolute Gasteiger partial charge is 0.320 e. The van der Waals surface area contributed by atoms with Gasteiger partial charge in [0.1, 0.15) is 6.04 Å². The lowest BCUT2D eigenvalue weighted by molar-refractivity contribution is -0.143. The Morgan fingerprint density at radius 3 is 2.75 bits per heavy atom. The summed E-state index contributed by atoms with van der Waals surface area (Å²) in [5.41, 5.74) is 0.737. The molecule has 1 aliphatic carbocycles. The fourth-order valence-electron chi connectivity index (χ4n) is 2.06. The highest BCUT2D eigenvalue weighted by molar-refractivity contribution is 14.1. The van der Waals surface area contributed by atoms with Crippen molar-refractivity contribution >= 4 is 40.2 Å². The van der Waals surface area contributed by atoms with Crippen LogP contribution in [0, 0.1) is 3.57 Å². The molecule has 0 spiro atoms. The van der Waals surface area contributed by atoms with Gasteiger partial charge in [-0.05, 0) is 60.6 Å². The molecule has 2 N–H and O–H groups in total. The third-order valence-corrected chi connectivity index (χ3v) is 3.98. The van der Waals surface area contributed by atoms with Gasteiger partial charge in [-0.15, -0.1) is 0 Å². The predicted molar refractivity (Wildman–Crippen MR) is 84.6 cm³/mol. The first kappa shape index (κ1) is 15.2. The molecule has 1 amide bonds. The molecule has 1 aromatic rings. The average Bonchev–Trinajstić information content (AvgIpc) is 3.19. The maximum Gasteiger partial charge on any atom is 0.320 e. The molecule has 0 saturated heterocycles. The van der Waals surface area contributed by atoms with Crippen molar-refractivity contribution in [2.24, 2.45) is 0 Å². The number of anilines is 1. The van der Waals surface area contributed by atoms with Gasteiger partial charge in [-0.2, -0.15) is 0 Å². The summed E-state index contributed by atoms with van der Waals surface area (Å²) in [4.78, 5) is 24.9. The standard InChI is InChI=1S/C14H17IN2O3/c1-9(14(19)20)17(12-5-6-12)8-13(18)16-11-4-2-3-10(15)7-11/h2-4,7,9,12H,5-6,8H2,1H3,(H,16,18)(H,19,20). The van der Waals surface area contributed by atoms with Crippen LogP contribution in [0.1, 0.15) is 19.8 Å². The molecule has 0 bridgehead atoms. The Morgan fingerprint density at radius 1 is 1.50 bits per heavy atom. The van der Waals surface area contributed by atoms with Crippen LogP contribution in [-0.4, -0.2) is 40.5 Å². The van der Waals surface area contributed by atoms with E-state index in [4.69, 9.17) is 5.11 Å². The van der Waals surface area contributed by atoms with E-state index in [0.29, 0.717) is 0 Å². The Morgan fingerprint density at radius 2 is 2.20 bits per heavy atom. The number of carbonyl (C=O) groups excluding carboxylic acids is 1. The van der Waals surface area contributed by atoms with Crippen LogP contribution >= 0.6 is 22.6 Å². The maximum atomic E-state index is 12.0.